The van der Waals surface area contributed by atoms with E-state index in [4.69, 9.17) is 20.9 Å². The summed E-state index contributed by atoms with van der Waals surface area (Å²) in [7, 11) is 0. The first-order chi connectivity index (χ1) is 19.3. The number of carbonyl (C=O) groups is 3. The highest BCUT2D eigenvalue weighted by atomic mass is 32.1. The van der Waals surface area contributed by atoms with E-state index in [9.17, 15) is 18.8 Å². The van der Waals surface area contributed by atoms with Gasteiger partial charge in [0, 0.05) is 13.1 Å². The molecule has 5 rings (SSSR count). The van der Waals surface area contributed by atoms with Crippen LogP contribution in [0.25, 0.3) is 0 Å². The summed E-state index contributed by atoms with van der Waals surface area (Å²) in [5.41, 5.74) is 12.9. The molecule has 2 heterocycles. The molecule has 204 valence electrons. The monoisotopic (exact) mass is 561 g/mol. The SMILES string of the molecule is NC(=O)c1nsc(C(=O)N(Cc2ccc3c(c2)OCO3)C(C(=O)NCc2ccccc2)c2ccc(F)cc2)c1N. The molecule has 3 aromatic carbocycles. The molecule has 0 radical (unpaired) electrons. The zero-order valence-electron chi connectivity index (χ0n) is 21.0. The number of nitrogens with one attached hydrogen (secondary N) is 1. The zero-order valence-corrected chi connectivity index (χ0v) is 21.8. The molecule has 1 unspecified atom stereocenters. The number of anilines is 1. The van der Waals surface area contributed by atoms with Crippen LogP contribution in [0.3, 0.4) is 0 Å². The number of aromatic nitrogens is 1. The maximum Gasteiger partial charge on any atom is 0.270 e. The lowest BCUT2D eigenvalue weighted by Crippen LogP contribution is -2.43. The van der Waals surface area contributed by atoms with E-state index in [-0.39, 0.29) is 36.1 Å². The van der Waals surface area contributed by atoms with Crippen molar-refractivity contribution in [2.75, 3.05) is 12.5 Å². The highest BCUT2D eigenvalue weighted by Gasteiger charge is 2.35. The molecular weight excluding hydrogens is 537 g/mol. The van der Waals surface area contributed by atoms with E-state index in [0.717, 1.165) is 5.56 Å². The fourth-order valence-electron chi connectivity index (χ4n) is 4.28. The van der Waals surface area contributed by atoms with Gasteiger partial charge in [0.25, 0.3) is 11.8 Å². The van der Waals surface area contributed by atoms with Gasteiger partial charge in [-0.05, 0) is 52.5 Å². The first-order valence-electron chi connectivity index (χ1n) is 12.1. The van der Waals surface area contributed by atoms with Crippen LogP contribution >= 0.6 is 11.5 Å². The molecule has 12 heteroatoms. The van der Waals surface area contributed by atoms with Crippen LogP contribution in [0.2, 0.25) is 0 Å². The zero-order chi connectivity index (χ0) is 28.2. The molecule has 40 heavy (non-hydrogen) atoms. The third kappa shape index (κ3) is 5.57. The molecule has 0 saturated carbocycles. The van der Waals surface area contributed by atoms with E-state index in [1.54, 1.807) is 18.2 Å². The highest BCUT2D eigenvalue weighted by Crippen LogP contribution is 2.35. The minimum absolute atomic E-state index is 0.0579. The summed E-state index contributed by atoms with van der Waals surface area (Å²) >= 11 is 0.705. The van der Waals surface area contributed by atoms with Crippen molar-refractivity contribution in [3.8, 4) is 11.5 Å². The highest BCUT2D eigenvalue weighted by molar-refractivity contribution is 7.09. The van der Waals surface area contributed by atoms with Gasteiger partial charge in [-0.1, -0.05) is 48.5 Å². The molecule has 1 aromatic heterocycles. The van der Waals surface area contributed by atoms with Gasteiger partial charge in [0.2, 0.25) is 12.7 Å². The minimum Gasteiger partial charge on any atom is -0.454 e. The lowest BCUT2D eigenvalue weighted by Gasteiger charge is -2.31. The first kappa shape index (κ1) is 26.6. The molecule has 1 atom stereocenters. The van der Waals surface area contributed by atoms with Crippen LogP contribution in [0, 0.1) is 5.82 Å². The smallest absolute Gasteiger partial charge is 0.270 e. The van der Waals surface area contributed by atoms with Crippen molar-refractivity contribution in [3.05, 3.63) is 106 Å². The maximum absolute atomic E-state index is 14.1. The minimum atomic E-state index is -1.21. The van der Waals surface area contributed by atoms with Crippen molar-refractivity contribution >= 4 is 34.9 Å². The van der Waals surface area contributed by atoms with Gasteiger partial charge in [0.1, 0.15) is 16.7 Å². The summed E-state index contributed by atoms with van der Waals surface area (Å²) in [6, 6.07) is 18.5. The molecule has 0 bridgehead atoms. The normalized spacial score (nSPS) is 12.5. The number of hydrogen-bond donors (Lipinski definition) is 3. The van der Waals surface area contributed by atoms with E-state index in [2.05, 4.69) is 9.69 Å². The number of halogens is 1. The topological polar surface area (TPSA) is 150 Å². The van der Waals surface area contributed by atoms with Crippen LogP contribution in [0.1, 0.15) is 42.9 Å². The van der Waals surface area contributed by atoms with Crippen molar-refractivity contribution in [3.63, 3.8) is 0 Å². The Hall–Kier alpha value is -4.97. The molecule has 0 aliphatic carbocycles. The summed E-state index contributed by atoms with van der Waals surface area (Å²) in [6.45, 7) is 0.187. The number of fused-ring (bicyclic) bond motifs is 1. The predicted molar refractivity (Wildman–Crippen MR) is 145 cm³/mol. The average molecular weight is 562 g/mol. The molecule has 0 saturated heterocycles. The maximum atomic E-state index is 14.1. The Kier molecular flexibility index (Phi) is 7.60. The van der Waals surface area contributed by atoms with E-state index < -0.39 is 29.6 Å². The first-order valence-corrected chi connectivity index (χ1v) is 12.9. The van der Waals surface area contributed by atoms with Crippen molar-refractivity contribution < 1.29 is 28.2 Å². The van der Waals surface area contributed by atoms with Crippen molar-refractivity contribution in [2.45, 2.75) is 19.1 Å². The number of benzene rings is 3. The Labute approximate surface area is 232 Å². The molecule has 1 aliphatic rings. The van der Waals surface area contributed by atoms with Gasteiger partial charge in [-0.2, -0.15) is 4.37 Å². The largest absolute Gasteiger partial charge is 0.454 e. The second kappa shape index (κ2) is 11.4. The van der Waals surface area contributed by atoms with E-state index in [1.165, 1.54) is 29.2 Å². The molecule has 1 aliphatic heterocycles. The molecule has 4 aromatic rings. The third-order valence-corrected chi connectivity index (χ3v) is 7.11. The third-order valence-electron chi connectivity index (χ3n) is 6.26. The molecule has 5 N–H and O–H groups in total. The number of hydrogen-bond acceptors (Lipinski definition) is 8. The Bertz CT molecular complexity index is 1560. The van der Waals surface area contributed by atoms with Gasteiger partial charge in [0.05, 0.1) is 5.69 Å². The number of primary amides is 1. The fraction of sp³-hybridized carbons (Fsp3) is 0.143. The number of nitrogens with two attached hydrogens (primary N) is 2. The van der Waals surface area contributed by atoms with E-state index >= 15 is 0 Å². The van der Waals surface area contributed by atoms with Crippen LogP contribution in [-0.2, 0) is 17.9 Å². The Balaban J connectivity index is 1.56. The Morgan fingerprint density at radius 3 is 2.42 bits per heavy atom. The van der Waals surface area contributed by atoms with Crippen molar-refractivity contribution in [1.29, 1.82) is 0 Å². The quantitative estimate of drug-likeness (QED) is 0.283. The van der Waals surface area contributed by atoms with Gasteiger partial charge < -0.3 is 31.2 Å². The van der Waals surface area contributed by atoms with Crippen molar-refractivity contribution in [2.24, 2.45) is 5.73 Å². The second-order valence-corrected chi connectivity index (χ2v) is 9.69. The Morgan fingerprint density at radius 2 is 1.73 bits per heavy atom. The van der Waals surface area contributed by atoms with Gasteiger partial charge in [-0.25, -0.2) is 4.39 Å². The molecule has 0 spiro atoms. The fourth-order valence-corrected chi connectivity index (χ4v) is 5.04. The molecule has 0 fully saturated rings. The van der Waals surface area contributed by atoms with E-state index in [0.29, 0.717) is 34.2 Å². The Morgan fingerprint density at radius 1 is 1.00 bits per heavy atom. The number of nitrogen functional groups attached to an aromatic ring is 1. The predicted octanol–water partition coefficient (Wildman–Crippen LogP) is 3.39. The summed E-state index contributed by atoms with van der Waals surface area (Å²) < 4.78 is 28.7. The van der Waals surface area contributed by atoms with Gasteiger partial charge >= 0.3 is 0 Å². The number of ether oxygens (including phenoxy) is 2. The lowest BCUT2D eigenvalue weighted by atomic mass is 10.0. The van der Waals surface area contributed by atoms with Crippen LogP contribution < -0.4 is 26.3 Å². The standard InChI is InChI=1S/C28H24FN5O5S/c29-19-9-7-18(8-10-19)24(27(36)32-13-16-4-2-1-3-5-16)34(14-17-6-11-20-21(12-17)39-15-38-20)28(37)25-22(30)23(26(31)35)33-40-25/h1-12,24H,13-15,30H2,(H2,31,35)(H,32,36). The van der Waals surface area contributed by atoms with E-state index in [1.807, 2.05) is 30.3 Å². The number of carbonyl (C=O) groups excluding carboxylic acids is 3. The molecular formula is C28H24FN5O5S. The summed E-state index contributed by atoms with van der Waals surface area (Å²) in [5.74, 6) is -1.52. The van der Waals surface area contributed by atoms with Crippen LogP contribution in [0.15, 0.2) is 72.8 Å². The second-order valence-electron chi connectivity index (χ2n) is 8.92. The van der Waals surface area contributed by atoms with Crippen LogP contribution in [-0.4, -0.2) is 33.8 Å². The number of amides is 3. The summed E-state index contributed by atoms with van der Waals surface area (Å²) in [4.78, 5) is 40.9. The van der Waals surface area contributed by atoms with Gasteiger partial charge in [-0.15, -0.1) is 0 Å². The van der Waals surface area contributed by atoms with Gasteiger partial charge in [-0.3, -0.25) is 14.4 Å². The number of rotatable bonds is 9. The average Bonchev–Trinajstić information content (AvgIpc) is 3.59. The van der Waals surface area contributed by atoms with Crippen molar-refractivity contribution in [1.82, 2.24) is 14.6 Å². The summed E-state index contributed by atoms with van der Waals surface area (Å²) in [6.07, 6.45) is 0. The van der Waals surface area contributed by atoms with Gasteiger partial charge in [0.15, 0.2) is 17.2 Å². The summed E-state index contributed by atoms with van der Waals surface area (Å²) in [5, 5.41) is 2.88. The molecule has 3 amide bonds. The number of nitrogens with zero attached hydrogens (tertiary/aromatic N) is 2. The molecule has 10 nitrogen and oxygen atoms in total. The van der Waals surface area contributed by atoms with Crippen LogP contribution in [0.4, 0.5) is 10.1 Å². The van der Waals surface area contributed by atoms with Crippen LogP contribution in [0.5, 0.6) is 11.5 Å². The lowest BCUT2D eigenvalue weighted by molar-refractivity contribution is -0.126.